The van der Waals surface area contributed by atoms with E-state index >= 15 is 0 Å². The Morgan fingerprint density at radius 1 is 1.12 bits per heavy atom. The first-order valence-corrected chi connectivity index (χ1v) is 9.25. The minimum absolute atomic E-state index is 0.0181. The second kappa shape index (κ2) is 8.77. The standard InChI is InChI=1S/C16H18ClN3O3S/c17-13-4-3-6-15(12-13)24(22,23)20-11-8-16(21)19-10-7-14-5-1-2-9-18-14/h1-6,9,12,20H,7-8,10-11H2,(H,19,21). The van der Waals surface area contributed by atoms with Gasteiger partial charge < -0.3 is 5.32 Å². The van der Waals surface area contributed by atoms with Crippen molar-refractivity contribution in [1.82, 2.24) is 15.0 Å². The van der Waals surface area contributed by atoms with E-state index in [0.29, 0.717) is 18.0 Å². The zero-order chi connectivity index (χ0) is 17.4. The topological polar surface area (TPSA) is 88.2 Å². The third-order valence-electron chi connectivity index (χ3n) is 3.18. The fraction of sp³-hybridized carbons (Fsp3) is 0.250. The molecular weight excluding hydrogens is 350 g/mol. The lowest BCUT2D eigenvalue weighted by Crippen LogP contribution is -2.31. The maximum Gasteiger partial charge on any atom is 0.240 e. The van der Waals surface area contributed by atoms with E-state index in [-0.39, 0.29) is 23.8 Å². The number of nitrogens with one attached hydrogen (secondary N) is 2. The molecule has 0 spiro atoms. The summed E-state index contributed by atoms with van der Waals surface area (Å²) >= 11 is 5.78. The number of benzene rings is 1. The van der Waals surface area contributed by atoms with Crippen molar-refractivity contribution >= 4 is 27.5 Å². The van der Waals surface area contributed by atoms with Crippen molar-refractivity contribution in [2.24, 2.45) is 0 Å². The average Bonchev–Trinajstić information content (AvgIpc) is 2.56. The molecule has 0 aliphatic carbocycles. The Hall–Kier alpha value is -1.96. The number of pyridine rings is 1. The summed E-state index contributed by atoms with van der Waals surface area (Å²) in [4.78, 5) is 16.0. The van der Waals surface area contributed by atoms with E-state index in [0.717, 1.165) is 5.69 Å². The normalized spacial score (nSPS) is 11.2. The number of carbonyl (C=O) groups is 1. The number of rotatable bonds is 8. The lowest BCUT2D eigenvalue weighted by Gasteiger charge is -2.08. The van der Waals surface area contributed by atoms with Gasteiger partial charge in [0.2, 0.25) is 15.9 Å². The molecule has 6 nitrogen and oxygen atoms in total. The Labute approximate surface area is 146 Å². The molecule has 128 valence electrons. The highest BCUT2D eigenvalue weighted by atomic mass is 35.5. The molecule has 0 saturated carbocycles. The first-order valence-electron chi connectivity index (χ1n) is 7.39. The fourth-order valence-corrected chi connectivity index (χ4v) is 3.31. The number of sulfonamides is 1. The Kier molecular flexibility index (Phi) is 6.72. The molecule has 0 unspecified atom stereocenters. The van der Waals surface area contributed by atoms with E-state index in [2.05, 4.69) is 15.0 Å². The van der Waals surface area contributed by atoms with Crippen LogP contribution in [0.3, 0.4) is 0 Å². The van der Waals surface area contributed by atoms with Crippen LogP contribution in [0.1, 0.15) is 12.1 Å². The van der Waals surface area contributed by atoms with E-state index in [1.165, 1.54) is 12.1 Å². The van der Waals surface area contributed by atoms with Gasteiger partial charge in [-0.15, -0.1) is 0 Å². The summed E-state index contributed by atoms with van der Waals surface area (Å²) in [6.07, 6.45) is 2.38. The van der Waals surface area contributed by atoms with Crippen molar-refractivity contribution in [1.29, 1.82) is 0 Å². The van der Waals surface area contributed by atoms with E-state index in [9.17, 15) is 13.2 Å². The van der Waals surface area contributed by atoms with E-state index in [1.54, 1.807) is 18.3 Å². The van der Waals surface area contributed by atoms with Crippen LogP contribution in [0.15, 0.2) is 53.6 Å². The highest BCUT2D eigenvalue weighted by Gasteiger charge is 2.14. The van der Waals surface area contributed by atoms with E-state index in [1.807, 2.05) is 18.2 Å². The van der Waals surface area contributed by atoms with Gasteiger partial charge in [0, 0.05) is 42.8 Å². The van der Waals surface area contributed by atoms with Gasteiger partial charge >= 0.3 is 0 Å². The third kappa shape index (κ3) is 5.92. The highest BCUT2D eigenvalue weighted by molar-refractivity contribution is 7.89. The lowest BCUT2D eigenvalue weighted by atomic mass is 10.2. The molecule has 1 aromatic carbocycles. The van der Waals surface area contributed by atoms with Crippen LogP contribution in [0.5, 0.6) is 0 Å². The Bertz CT molecular complexity index is 782. The van der Waals surface area contributed by atoms with E-state index in [4.69, 9.17) is 11.6 Å². The smallest absolute Gasteiger partial charge is 0.240 e. The monoisotopic (exact) mass is 367 g/mol. The van der Waals surface area contributed by atoms with Gasteiger partial charge in [-0.3, -0.25) is 9.78 Å². The van der Waals surface area contributed by atoms with Crippen LogP contribution in [0.2, 0.25) is 5.02 Å². The molecule has 2 rings (SSSR count). The molecular formula is C16H18ClN3O3S. The molecule has 0 saturated heterocycles. The number of carbonyl (C=O) groups excluding carboxylic acids is 1. The molecule has 1 aromatic heterocycles. The molecule has 0 fully saturated rings. The lowest BCUT2D eigenvalue weighted by molar-refractivity contribution is -0.120. The number of hydrogen-bond acceptors (Lipinski definition) is 4. The molecule has 0 aliphatic rings. The first kappa shape index (κ1) is 18.4. The predicted molar refractivity (Wildman–Crippen MR) is 92.2 cm³/mol. The number of hydrogen-bond donors (Lipinski definition) is 2. The van der Waals surface area contributed by atoms with Gasteiger partial charge in [-0.1, -0.05) is 23.7 Å². The van der Waals surface area contributed by atoms with Gasteiger partial charge in [0.15, 0.2) is 0 Å². The SMILES string of the molecule is O=C(CCNS(=O)(=O)c1cccc(Cl)c1)NCCc1ccccn1. The number of halogens is 1. The molecule has 2 aromatic rings. The number of amides is 1. The predicted octanol–water partition coefficient (Wildman–Crippen LogP) is 1.76. The quantitative estimate of drug-likeness (QED) is 0.744. The van der Waals surface area contributed by atoms with Gasteiger partial charge in [0.05, 0.1) is 4.90 Å². The van der Waals surface area contributed by atoms with E-state index < -0.39 is 10.0 Å². The highest BCUT2D eigenvalue weighted by Crippen LogP contribution is 2.14. The molecule has 0 bridgehead atoms. The van der Waals surface area contributed by atoms with Crippen LogP contribution in [0.25, 0.3) is 0 Å². The summed E-state index contributed by atoms with van der Waals surface area (Å²) in [7, 11) is -3.67. The number of nitrogens with zero attached hydrogens (tertiary/aromatic N) is 1. The molecule has 1 amide bonds. The van der Waals surface area contributed by atoms with Crippen molar-refractivity contribution in [2.75, 3.05) is 13.1 Å². The van der Waals surface area contributed by atoms with Gasteiger partial charge in [0.1, 0.15) is 0 Å². The minimum atomic E-state index is -3.67. The van der Waals surface area contributed by atoms with Gasteiger partial charge in [-0.2, -0.15) is 0 Å². The molecule has 0 radical (unpaired) electrons. The third-order valence-corrected chi connectivity index (χ3v) is 4.87. The van der Waals surface area contributed by atoms with Crippen LogP contribution in [0.4, 0.5) is 0 Å². The first-order chi connectivity index (χ1) is 11.5. The van der Waals surface area contributed by atoms with Crippen LogP contribution in [-0.4, -0.2) is 32.4 Å². The second-order valence-corrected chi connectivity index (χ2v) is 7.23. The van der Waals surface area contributed by atoms with Crippen LogP contribution >= 0.6 is 11.6 Å². The minimum Gasteiger partial charge on any atom is -0.356 e. The second-order valence-electron chi connectivity index (χ2n) is 5.03. The molecule has 8 heteroatoms. The fourth-order valence-electron chi connectivity index (χ4n) is 1.98. The van der Waals surface area contributed by atoms with Crippen molar-refractivity contribution < 1.29 is 13.2 Å². The summed E-state index contributed by atoms with van der Waals surface area (Å²) in [5.74, 6) is -0.222. The van der Waals surface area contributed by atoms with Crippen LogP contribution in [0, 0.1) is 0 Å². The molecule has 24 heavy (non-hydrogen) atoms. The van der Waals surface area contributed by atoms with Crippen LogP contribution < -0.4 is 10.0 Å². The summed E-state index contributed by atoms with van der Waals surface area (Å²) in [5.41, 5.74) is 0.888. The van der Waals surface area contributed by atoms with Gasteiger partial charge in [0.25, 0.3) is 0 Å². The summed E-state index contributed by atoms with van der Waals surface area (Å²) in [5, 5.41) is 3.07. The summed E-state index contributed by atoms with van der Waals surface area (Å²) in [6, 6.07) is 11.5. The van der Waals surface area contributed by atoms with Gasteiger partial charge in [-0.05, 0) is 30.3 Å². The Morgan fingerprint density at radius 2 is 1.96 bits per heavy atom. The maximum atomic E-state index is 12.1. The Balaban J connectivity index is 1.72. The van der Waals surface area contributed by atoms with Crippen molar-refractivity contribution in [2.45, 2.75) is 17.7 Å². The molecule has 0 aliphatic heterocycles. The van der Waals surface area contributed by atoms with Crippen molar-refractivity contribution in [3.05, 3.63) is 59.4 Å². The molecule has 2 N–H and O–H groups in total. The summed E-state index contributed by atoms with van der Waals surface area (Å²) < 4.78 is 26.5. The molecule has 0 atom stereocenters. The maximum absolute atomic E-state index is 12.1. The zero-order valence-corrected chi connectivity index (χ0v) is 14.5. The summed E-state index contributed by atoms with van der Waals surface area (Å²) in [6.45, 7) is 0.473. The van der Waals surface area contributed by atoms with Crippen molar-refractivity contribution in [3.63, 3.8) is 0 Å². The Morgan fingerprint density at radius 3 is 2.67 bits per heavy atom. The van der Waals surface area contributed by atoms with Crippen molar-refractivity contribution in [3.8, 4) is 0 Å². The average molecular weight is 368 g/mol. The molecule has 1 heterocycles. The van der Waals surface area contributed by atoms with Gasteiger partial charge in [-0.25, -0.2) is 13.1 Å². The zero-order valence-electron chi connectivity index (χ0n) is 12.9. The largest absolute Gasteiger partial charge is 0.356 e. The van der Waals surface area contributed by atoms with Crippen LogP contribution in [-0.2, 0) is 21.2 Å². The number of aromatic nitrogens is 1.